The Bertz CT molecular complexity index is 354. The molecular weight excluding hydrogens is 212 g/mol. The Morgan fingerprint density at radius 1 is 1.29 bits per heavy atom. The van der Waals surface area contributed by atoms with Crippen molar-refractivity contribution >= 4 is 0 Å². The van der Waals surface area contributed by atoms with Crippen LogP contribution in [0.3, 0.4) is 0 Å². The fraction of sp³-hybridized carbons (Fsp3) is 0.643. The number of nitrogens with two attached hydrogens (primary N) is 1. The third kappa shape index (κ3) is 3.19. The van der Waals surface area contributed by atoms with Crippen LogP contribution < -0.4 is 10.5 Å². The van der Waals surface area contributed by atoms with Crippen LogP contribution in [-0.4, -0.2) is 17.6 Å². The third-order valence-electron chi connectivity index (χ3n) is 3.54. The molecule has 1 aromatic heterocycles. The van der Waals surface area contributed by atoms with E-state index in [4.69, 9.17) is 10.5 Å². The minimum atomic E-state index is 0.274. The molecule has 3 nitrogen and oxygen atoms in total. The van der Waals surface area contributed by atoms with Gasteiger partial charge in [0.05, 0.1) is 12.8 Å². The van der Waals surface area contributed by atoms with Crippen LogP contribution in [0.4, 0.5) is 0 Å². The first kappa shape index (κ1) is 12.4. The molecule has 3 heteroatoms. The molecule has 0 saturated heterocycles. The Balaban J connectivity index is 2.16. The normalized spacial score (nSPS) is 25.3. The highest BCUT2D eigenvalue weighted by Crippen LogP contribution is 2.31. The van der Waals surface area contributed by atoms with E-state index in [1.54, 1.807) is 6.20 Å². The van der Waals surface area contributed by atoms with E-state index in [2.05, 4.69) is 11.1 Å². The fourth-order valence-electron chi connectivity index (χ4n) is 2.63. The van der Waals surface area contributed by atoms with Crippen LogP contribution in [0.15, 0.2) is 18.5 Å². The molecule has 17 heavy (non-hydrogen) atoms. The predicted molar refractivity (Wildman–Crippen MR) is 69.2 cm³/mol. The van der Waals surface area contributed by atoms with E-state index in [0.717, 1.165) is 12.2 Å². The molecule has 2 unspecified atom stereocenters. The SMILES string of the molecule is CCOc1cncc(C2CCCCCC2N)c1. The second kappa shape index (κ2) is 6.01. The highest BCUT2D eigenvalue weighted by Gasteiger charge is 2.22. The number of ether oxygens (including phenoxy) is 1. The van der Waals surface area contributed by atoms with Crippen molar-refractivity contribution in [1.29, 1.82) is 0 Å². The van der Waals surface area contributed by atoms with Crippen LogP contribution in [0.5, 0.6) is 5.75 Å². The van der Waals surface area contributed by atoms with Gasteiger partial charge in [-0.05, 0) is 31.4 Å². The lowest BCUT2D eigenvalue weighted by atomic mass is 9.89. The van der Waals surface area contributed by atoms with Gasteiger partial charge in [0.1, 0.15) is 5.75 Å². The zero-order valence-corrected chi connectivity index (χ0v) is 10.6. The number of hydrogen-bond donors (Lipinski definition) is 1. The zero-order valence-electron chi connectivity index (χ0n) is 10.6. The monoisotopic (exact) mass is 234 g/mol. The lowest BCUT2D eigenvalue weighted by Gasteiger charge is -2.21. The Kier molecular flexibility index (Phi) is 4.37. The van der Waals surface area contributed by atoms with Crippen LogP contribution in [0.2, 0.25) is 0 Å². The van der Waals surface area contributed by atoms with Gasteiger partial charge in [0.25, 0.3) is 0 Å². The molecule has 2 rings (SSSR count). The second-order valence-electron chi connectivity index (χ2n) is 4.80. The number of rotatable bonds is 3. The first-order valence-corrected chi connectivity index (χ1v) is 6.64. The van der Waals surface area contributed by atoms with E-state index in [9.17, 15) is 0 Å². The molecule has 1 aliphatic carbocycles. The Labute approximate surface area is 103 Å². The quantitative estimate of drug-likeness (QED) is 0.818. The summed E-state index contributed by atoms with van der Waals surface area (Å²) in [5.74, 6) is 1.31. The van der Waals surface area contributed by atoms with E-state index in [-0.39, 0.29) is 6.04 Å². The van der Waals surface area contributed by atoms with Crippen molar-refractivity contribution in [2.45, 2.75) is 51.0 Å². The van der Waals surface area contributed by atoms with E-state index < -0.39 is 0 Å². The van der Waals surface area contributed by atoms with Gasteiger partial charge in [0, 0.05) is 18.2 Å². The largest absolute Gasteiger partial charge is 0.492 e. The van der Waals surface area contributed by atoms with E-state index in [0.29, 0.717) is 12.5 Å². The van der Waals surface area contributed by atoms with Gasteiger partial charge in [0.15, 0.2) is 0 Å². The Morgan fingerprint density at radius 3 is 2.94 bits per heavy atom. The van der Waals surface area contributed by atoms with Crippen LogP contribution >= 0.6 is 0 Å². The summed E-state index contributed by atoms with van der Waals surface area (Å²) < 4.78 is 5.50. The smallest absolute Gasteiger partial charge is 0.137 e. The molecule has 94 valence electrons. The lowest BCUT2D eigenvalue weighted by molar-refractivity contribution is 0.337. The number of pyridine rings is 1. The summed E-state index contributed by atoms with van der Waals surface area (Å²) in [6, 6.07) is 2.38. The molecule has 1 aliphatic rings. The minimum absolute atomic E-state index is 0.274. The van der Waals surface area contributed by atoms with Gasteiger partial charge in [-0.25, -0.2) is 0 Å². The number of nitrogens with zero attached hydrogens (tertiary/aromatic N) is 1. The maximum absolute atomic E-state index is 6.27. The molecule has 1 aromatic rings. The first-order valence-electron chi connectivity index (χ1n) is 6.64. The summed E-state index contributed by atoms with van der Waals surface area (Å²) >= 11 is 0. The summed E-state index contributed by atoms with van der Waals surface area (Å²) in [5, 5.41) is 0. The van der Waals surface area contributed by atoms with Crippen LogP contribution in [0, 0.1) is 0 Å². The Morgan fingerprint density at radius 2 is 2.12 bits per heavy atom. The molecular formula is C14H22N2O. The summed E-state index contributed by atoms with van der Waals surface area (Å²) in [4.78, 5) is 4.26. The van der Waals surface area contributed by atoms with E-state index >= 15 is 0 Å². The summed E-state index contributed by atoms with van der Waals surface area (Å²) in [7, 11) is 0. The highest BCUT2D eigenvalue weighted by atomic mass is 16.5. The maximum Gasteiger partial charge on any atom is 0.137 e. The van der Waals surface area contributed by atoms with Crippen molar-refractivity contribution in [3.8, 4) is 5.75 Å². The number of aromatic nitrogens is 1. The van der Waals surface area contributed by atoms with Gasteiger partial charge in [-0.3, -0.25) is 4.98 Å². The van der Waals surface area contributed by atoms with Gasteiger partial charge in [-0.1, -0.05) is 19.3 Å². The highest BCUT2D eigenvalue weighted by molar-refractivity contribution is 5.27. The minimum Gasteiger partial charge on any atom is -0.492 e. The molecule has 2 atom stereocenters. The summed E-state index contributed by atoms with van der Waals surface area (Å²) in [6.45, 7) is 2.67. The van der Waals surface area contributed by atoms with Crippen molar-refractivity contribution in [2.24, 2.45) is 5.73 Å². The van der Waals surface area contributed by atoms with Crippen molar-refractivity contribution in [2.75, 3.05) is 6.61 Å². The van der Waals surface area contributed by atoms with Gasteiger partial charge >= 0.3 is 0 Å². The van der Waals surface area contributed by atoms with Crippen molar-refractivity contribution < 1.29 is 4.74 Å². The summed E-state index contributed by atoms with van der Waals surface area (Å²) in [6.07, 6.45) is 9.87. The average molecular weight is 234 g/mol. The van der Waals surface area contributed by atoms with Crippen LogP contribution in [0.1, 0.15) is 50.5 Å². The fourth-order valence-corrected chi connectivity index (χ4v) is 2.63. The molecule has 0 spiro atoms. The van der Waals surface area contributed by atoms with Crippen molar-refractivity contribution in [3.63, 3.8) is 0 Å². The molecule has 0 radical (unpaired) electrons. The van der Waals surface area contributed by atoms with Crippen LogP contribution in [0.25, 0.3) is 0 Å². The predicted octanol–water partition coefficient (Wildman–Crippen LogP) is 2.86. The lowest BCUT2D eigenvalue weighted by Crippen LogP contribution is -2.27. The van der Waals surface area contributed by atoms with Crippen molar-refractivity contribution in [1.82, 2.24) is 4.98 Å². The maximum atomic E-state index is 6.27. The van der Waals surface area contributed by atoms with E-state index in [1.807, 2.05) is 13.1 Å². The average Bonchev–Trinajstić information content (AvgIpc) is 2.55. The van der Waals surface area contributed by atoms with Gasteiger partial charge in [0.2, 0.25) is 0 Å². The zero-order chi connectivity index (χ0) is 12.1. The molecule has 1 fully saturated rings. The molecule has 1 saturated carbocycles. The topological polar surface area (TPSA) is 48.1 Å². The third-order valence-corrected chi connectivity index (χ3v) is 3.54. The molecule has 0 aliphatic heterocycles. The molecule has 0 bridgehead atoms. The molecule has 0 amide bonds. The van der Waals surface area contributed by atoms with E-state index in [1.165, 1.54) is 31.2 Å². The second-order valence-corrected chi connectivity index (χ2v) is 4.80. The van der Waals surface area contributed by atoms with Gasteiger partial charge in [-0.2, -0.15) is 0 Å². The van der Waals surface area contributed by atoms with Crippen LogP contribution in [-0.2, 0) is 0 Å². The molecule has 0 aromatic carbocycles. The summed E-state index contributed by atoms with van der Waals surface area (Å²) in [5.41, 5.74) is 7.51. The standard InChI is InChI=1S/C14H22N2O/c1-2-17-12-8-11(9-16-10-12)13-6-4-3-5-7-14(13)15/h8-10,13-14H,2-7,15H2,1H3. The van der Waals surface area contributed by atoms with Crippen molar-refractivity contribution in [3.05, 3.63) is 24.0 Å². The first-order chi connectivity index (χ1) is 8.31. The molecule has 2 N–H and O–H groups in total. The van der Waals surface area contributed by atoms with Gasteiger partial charge < -0.3 is 10.5 Å². The Hall–Kier alpha value is -1.09. The molecule has 1 heterocycles. The number of hydrogen-bond acceptors (Lipinski definition) is 3. The van der Waals surface area contributed by atoms with Gasteiger partial charge in [-0.15, -0.1) is 0 Å².